The Kier molecular flexibility index (Phi) is 8.78. The fourth-order valence-corrected chi connectivity index (χ4v) is 12.6. The largest absolute Gasteiger partial charge is 0.310 e. The van der Waals surface area contributed by atoms with Crippen molar-refractivity contribution in [3.63, 3.8) is 0 Å². The molecule has 1 spiro atoms. The number of hydrogen-bond donors (Lipinski definition) is 0. The molecule has 0 unspecified atom stereocenters. The van der Waals surface area contributed by atoms with E-state index in [1.807, 2.05) is 0 Å². The lowest BCUT2D eigenvalue weighted by molar-refractivity contribution is 0.751. The maximum Gasteiger partial charge on any atom is 0.0726 e. The number of benzene rings is 11. The molecule has 11 aromatic rings. The van der Waals surface area contributed by atoms with E-state index in [0.717, 1.165) is 17.1 Å². The lowest BCUT2D eigenvalue weighted by Gasteiger charge is -2.36. The van der Waals surface area contributed by atoms with Gasteiger partial charge in [0.15, 0.2) is 0 Å². The van der Waals surface area contributed by atoms with Gasteiger partial charge in [-0.3, -0.25) is 0 Å². The Labute approximate surface area is 403 Å². The van der Waals surface area contributed by atoms with Crippen LogP contribution in [0.15, 0.2) is 273 Å². The Morgan fingerprint density at radius 1 is 0.217 bits per heavy atom. The Balaban J connectivity index is 1.05. The van der Waals surface area contributed by atoms with E-state index in [1.54, 1.807) is 0 Å². The van der Waals surface area contributed by atoms with Crippen LogP contribution in [0.2, 0.25) is 0 Å². The van der Waals surface area contributed by atoms with Crippen LogP contribution in [0.5, 0.6) is 0 Å². The smallest absolute Gasteiger partial charge is 0.0726 e. The van der Waals surface area contributed by atoms with Crippen molar-refractivity contribution < 1.29 is 0 Å². The molecule has 0 atom stereocenters. The zero-order chi connectivity index (χ0) is 45.5. The van der Waals surface area contributed by atoms with Crippen LogP contribution in [-0.2, 0) is 10.8 Å². The molecule has 11 aromatic carbocycles. The molecule has 1 nitrogen and oxygen atoms in total. The average Bonchev–Trinajstić information content (AvgIpc) is 4.02. The van der Waals surface area contributed by atoms with Crippen molar-refractivity contribution in [1.82, 2.24) is 0 Å². The summed E-state index contributed by atoms with van der Waals surface area (Å²) in [6.07, 6.45) is 0. The van der Waals surface area contributed by atoms with Crippen LogP contribution in [0, 0.1) is 0 Å². The zero-order valence-electron chi connectivity index (χ0n) is 37.9. The van der Waals surface area contributed by atoms with Gasteiger partial charge in [0.05, 0.1) is 16.5 Å². The van der Waals surface area contributed by atoms with E-state index < -0.39 is 10.8 Å². The third-order valence-electron chi connectivity index (χ3n) is 15.4. The summed E-state index contributed by atoms with van der Waals surface area (Å²) in [5, 5.41) is 0. The van der Waals surface area contributed by atoms with Crippen molar-refractivity contribution in [2.24, 2.45) is 0 Å². The van der Waals surface area contributed by atoms with Crippen molar-refractivity contribution >= 4 is 17.1 Å². The molecule has 3 aliphatic carbocycles. The predicted molar refractivity (Wildman–Crippen MR) is 286 cm³/mol. The lowest BCUT2D eigenvalue weighted by atomic mass is 9.65. The first kappa shape index (κ1) is 39.4. The monoisotopic (exact) mass is 875 g/mol. The number of anilines is 3. The minimum absolute atomic E-state index is 0.536. The quantitative estimate of drug-likeness (QED) is 0.154. The van der Waals surface area contributed by atoms with Gasteiger partial charge in [-0.05, 0) is 131 Å². The molecular weight excluding hydrogens is 831 g/mol. The van der Waals surface area contributed by atoms with Crippen LogP contribution in [0.3, 0.4) is 0 Å². The fraction of sp³-hybridized carbons (Fsp3) is 0.0294. The van der Waals surface area contributed by atoms with E-state index in [0.29, 0.717) is 0 Å². The van der Waals surface area contributed by atoms with Gasteiger partial charge in [-0.2, -0.15) is 0 Å². The summed E-state index contributed by atoms with van der Waals surface area (Å²) in [6, 6.07) is 102. The molecule has 1 heteroatoms. The minimum Gasteiger partial charge on any atom is -0.310 e. The molecule has 0 fully saturated rings. The highest BCUT2D eigenvalue weighted by atomic mass is 15.1. The van der Waals surface area contributed by atoms with E-state index in [2.05, 4.69) is 278 Å². The van der Waals surface area contributed by atoms with Gasteiger partial charge in [0.25, 0.3) is 0 Å². The van der Waals surface area contributed by atoms with Crippen molar-refractivity contribution in [3.05, 3.63) is 317 Å². The maximum atomic E-state index is 2.60. The first-order valence-corrected chi connectivity index (χ1v) is 24.1. The van der Waals surface area contributed by atoms with Crippen LogP contribution in [0.1, 0.15) is 44.5 Å². The summed E-state index contributed by atoms with van der Waals surface area (Å²) < 4.78 is 0. The van der Waals surface area contributed by atoms with Crippen LogP contribution < -0.4 is 4.90 Å². The highest BCUT2D eigenvalue weighted by Crippen LogP contribution is 2.65. The number of para-hydroxylation sites is 1. The molecular formula is C68H45N. The predicted octanol–water partition coefficient (Wildman–Crippen LogP) is 17.2. The van der Waals surface area contributed by atoms with E-state index in [4.69, 9.17) is 0 Å². The molecule has 0 N–H and O–H groups in total. The van der Waals surface area contributed by atoms with Gasteiger partial charge in [-0.15, -0.1) is 0 Å². The molecule has 0 aromatic heterocycles. The average molecular weight is 876 g/mol. The number of rotatable bonds is 7. The fourth-order valence-electron chi connectivity index (χ4n) is 12.6. The summed E-state index contributed by atoms with van der Waals surface area (Å²) in [4.78, 5) is 2.48. The standard InChI is InChI=1S/C68H45N/c1-5-21-46(22-6-1)48-37-42-66(59(43-48)47-23-7-2-8-24-47)69(51-27-11-4-12-28-51)52-39-41-58-57-40-38-50(44-64(57)68(65(58)45-52)62-35-19-15-31-55(62)56-32-16-20-36-63(56)68)67(49-25-9-3-10-26-49)60-33-17-13-29-53(60)54-30-14-18-34-61(54)67/h1-45H. The van der Waals surface area contributed by atoms with E-state index in [-0.39, 0.29) is 0 Å². The topological polar surface area (TPSA) is 3.24 Å². The Hall–Kier alpha value is -8.78. The van der Waals surface area contributed by atoms with Gasteiger partial charge in [0.1, 0.15) is 0 Å². The molecule has 0 amide bonds. The second kappa shape index (κ2) is 15.4. The van der Waals surface area contributed by atoms with E-state index in [1.165, 1.54) is 100 Å². The molecule has 0 bridgehead atoms. The normalized spacial score (nSPS) is 13.7. The second-order valence-electron chi connectivity index (χ2n) is 18.7. The first-order valence-electron chi connectivity index (χ1n) is 24.1. The molecule has 69 heavy (non-hydrogen) atoms. The molecule has 3 aliphatic rings. The molecule has 14 rings (SSSR count). The third kappa shape index (κ3) is 5.59. The highest BCUT2D eigenvalue weighted by Gasteiger charge is 2.53. The van der Waals surface area contributed by atoms with Crippen molar-refractivity contribution in [1.29, 1.82) is 0 Å². The van der Waals surface area contributed by atoms with Gasteiger partial charge >= 0.3 is 0 Å². The highest BCUT2D eigenvalue weighted by molar-refractivity contribution is 5.98. The molecule has 0 saturated carbocycles. The number of nitrogens with zero attached hydrogens (tertiary/aromatic N) is 1. The zero-order valence-corrected chi connectivity index (χ0v) is 37.9. The summed E-state index contributed by atoms with van der Waals surface area (Å²) >= 11 is 0. The first-order chi connectivity index (χ1) is 34.2. The molecule has 0 aliphatic heterocycles. The molecule has 0 heterocycles. The summed E-state index contributed by atoms with van der Waals surface area (Å²) in [5.41, 5.74) is 25.1. The van der Waals surface area contributed by atoms with E-state index in [9.17, 15) is 0 Å². The Morgan fingerprint density at radius 2 is 0.652 bits per heavy atom. The van der Waals surface area contributed by atoms with Crippen molar-refractivity contribution in [2.75, 3.05) is 4.90 Å². The minimum atomic E-state index is -0.596. The third-order valence-corrected chi connectivity index (χ3v) is 15.4. The summed E-state index contributed by atoms with van der Waals surface area (Å²) in [6.45, 7) is 0. The van der Waals surface area contributed by atoms with Crippen molar-refractivity contribution in [3.8, 4) is 55.6 Å². The Morgan fingerprint density at radius 3 is 1.22 bits per heavy atom. The van der Waals surface area contributed by atoms with E-state index >= 15 is 0 Å². The molecule has 322 valence electrons. The maximum absolute atomic E-state index is 2.60. The van der Waals surface area contributed by atoms with Gasteiger partial charge in [0.2, 0.25) is 0 Å². The number of hydrogen-bond acceptors (Lipinski definition) is 1. The van der Waals surface area contributed by atoms with Gasteiger partial charge in [-0.1, -0.05) is 237 Å². The van der Waals surface area contributed by atoms with Gasteiger partial charge in [0, 0.05) is 16.9 Å². The van der Waals surface area contributed by atoms with Crippen LogP contribution in [0.4, 0.5) is 17.1 Å². The van der Waals surface area contributed by atoms with Gasteiger partial charge in [-0.25, -0.2) is 0 Å². The molecule has 0 saturated heterocycles. The van der Waals surface area contributed by atoms with Crippen molar-refractivity contribution in [2.45, 2.75) is 10.8 Å². The molecule has 0 radical (unpaired) electrons. The van der Waals surface area contributed by atoms with Crippen LogP contribution in [0.25, 0.3) is 55.6 Å². The second-order valence-corrected chi connectivity index (χ2v) is 18.7. The van der Waals surface area contributed by atoms with Crippen LogP contribution >= 0.6 is 0 Å². The summed E-state index contributed by atoms with van der Waals surface area (Å²) in [5.74, 6) is 0. The van der Waals surface area contributed by atoms with Crippen LogP contribution in [-0.4, -0.2) is 0 Å². The summed E-state index contributed by atoms with van der Waals surface area (Å²) in [7, 11) is 0. The Bertz CT molecular complexity index is 3690. The lowest BCUT2D eigenvalue weighted by Crippen LogP contribution is -2.30. The van der Waals surface area contributed by atoms with Gasteiger partial charge < -0.3 is 4.90 Å². The number of fused-ring (bicyclic) bond motifs is 13. The SMILES string of the molecule is c1ccc(-c2ccc(N(c3ccccc3)c3ccc4c(c3)C3(c5ccccc5-c5ccccc53)c3cc(C5(c6ccccc6)c6ccccc6-c6ccccc65)ccc3-4)c(-c3ccccc3)c2)cc1.